The minimum absolute atomic E-state index is 0.0571. The summed E-state index contributed by atoms with van der Waals surface area (Å²) in [5.74, 6) is -0.677. The maximum Gasteiger partial charge on any atom is 0.255 e. The van der Waals surface area contributed by atoms with Crippen LogP contribution in [0, 0.1) is 5.92 Å². The van der Waals surface area contributed by atoms with E-state index >= 15 is 0 Å². The van der Waals surface area contributed by atoms with Crippen LogP contribution >= 0.6 is 0 Å². The zero-order valence-corrected chi connectivity index (χ0v) is 31.2. The molecular formula is C43H52N6O6. The van der Waals surface area contributed by atoms with Gasteiger partial charge in [-0.2, -0.15) is 0 Å². The van der Waals surface area contributed by atoms with E-state index in [-0.39, 0.29) is 26.3 Å². The highest BCUT2D eigenvalue weighted by Crippen LogP contribution is 2.31. The van der Waals surface area contributed by atoms with Crippen molar-refractivity contribution in [3.8, 4) is 0 Å². The van der Waals surface area contributed by atoms with Crippen molar-refractivity contribution in [3.05, 3.63) is 144 Å². The molecular weight excluding hydrogens is 697 g/mol. The molecule has 0 spiro atoms. The summed E-state index contributed by atoms with van der Waals surface area (Å²) in [4.78, 5) is 36.3. The second kappa shape index (κ2) is 20.6. The molecule has 5 aromatic rings. The van der Waals surface area contributed by atoms with Gasteiger partial charge in [0.05, 0.1) is 25.6 Å². The smallest absolute Gasteiger partial charge is 0.255 e. The molecule has 12 nitrogen and oxygen atoms in total. The molecule has 0 saturated heterocycles. The maximum atomic E-state index is 14.1. The van der Waals surface area contributed by atoms with Crippen molar-refractivity contribution in [2.24, 2.45) is 5.92 Å². The van der Waals surface area contributed by atoms with Crippen LogP contribution in [0.3, 0.4) is 0 Å². The van der Waals surface area contributed by atoms with E-state index in [0.29, 0.717) is 37.1 Å². The van der Waals surface area contributed by atoms with Crippen molar-refractivity contribution in [3.63, 3.8) is 0 Å². The van der Waals surface area contributed by atoms with Crippen LogP contribution in [0.15, 0.2) is 116 Å². The lowest BCUT2D eigenvalue weighted by molar-refractivity contribution is -0.136. The highest BCUT2D eigenvalue weighted by molar-refractivity contribution is 5.99. The summed E-state index contributed by atoms with van der Waals surface area (Å²) in [5, 5.41) is 28.8. The number of nitrogens with one attached hydrogen (secondary N) is 2. The van der Waals surface area contributed by atoms with Crippen LogP contribution in [0.4, 0.5) is 0 Å². The number of benzene rings is 3. The van der Waals surface area contributed by atoms with Gasteiger partial charge in [0.15, 0.2) is 0 Å². The van der Waals surface area contributed by atoms with E-state index in [1.54, 1.807) is 29.5 Å². The van der Waals surface area contributed by atoms with Crippen LogP contribution in [-0.2, 0) is 58.6 Å². The molecule has 0 unspecified atom stereocenters. The predicted molar refractivity (Wildman–Crippen MR) is 207 cm³/mol. The first-order valence-corrected chi connectivity index (χ1v) is 19.2. The van der Waals surface area contributed by atoms with Gasteiger partial charge in [0, 0.05) is 43.2 Å². The van der Waals surface area contributed by atoms with Crippen LogP contribution in [0.5, 0.6) is 0 Å². The number of imidazole rings is 2. The number of aromatic nitrogens is 4. The van der Waals surface area contributed by atoms with E-state index < -0.39 is 36.1 Å². The summed E-state index contributed by atoms with van der Waals surface area (Å²) < 4.78 is 15.6. The highest BCUT2D eigenvalue weighted by atomic mass is 16.5. The second-order valence-corrected chi connectivity index (χ2v) is 14.3. The molecule has 1 saturated carbocycles. The van der Waals surface area contributed by atoms with E-state index in [9.17, 15) is 19.8 Å². The minimum atomic E-state index is -1.43. The minimum Gasteiger partial charge on any atom is -0.384 e. The first-order valence-electron chi connectivity index (χ1n) is 19.2. The van der Waals surface area contributed by atoms with E-state index in [1.807, 2.05) is 95.6 Å². The predicted octanol–water partition coefficient (Wildman–Crippen LogP) is 5.25. The Kier molecular flexibility index (Phi) is 14.9. The summed E-state index contributed by atoms with van der Waals surface area (Å²) in [6.07, 6.45) is 10.4. The largest absolute Gasteiger partial charge is 0.384 e. The zero-order valence-electron chi connectivity index (χ0n) is 31.2. The van der Waals surface area contributed by atoms with Crippen molar-refractivity contribution < 1.29 is 29.3 Å². The molecule has 0 aliphatic heterocycles. The summed E-state index contributed by atoms with van der Waals surface area (Å²) in [5.41, 5.74) is 3.52. The van der Waals surface area contributed by atoms with Gasteiger partial charge in [-0.25, -0.2) is 9.97 Å². The van der Waals surface area contributed by atoms with E-state index in [1.165, 1.54) is 6.42 Å². The molecule has 2 aromatic heterocycles. The van der Waals surface area contributed by atoms with Gasteiger partial charge in [0.25, 0.3) is 5.91 Å². The molecule has 2 amide bonds. The summed E-state index contributed by atoms with van der Waals surface area (Å²) in [7, 11) is 0. The normalized spacial score (nSPS) is 15.6. The first kappa shape index (κ1) is 39.7. The fourth-order valence-corrected chi connectivity index (χ4v) is 7.17. The molecule has 0 radical (unpaired) electrons. The number of aliphatic hydroxyl groups excluding tert-OH is 2. The Morgan fingerprint density at radius 1 is 0.764 bits per heavy atom. The number of carbonyl (C=O) groups is 2. The molecule has 55 heavy (non-hydrogen) atoms. The number of nitrogens with zero attached hydrogens (tertiary/aromatic N) is 4. The number of amides is 2. The van der Waals surface area contributed by atoms with Crippen LogP contribution < -0.4 is 10.6 Å². The fourth-order valence-electron chi connectivity index (χ4n) is 7.17. The van der Waals surface area contributed by atoms with E-state index in [0.717, 1.165) is 42.4 Å². The molecule has 1 aliphatic rings. The number of hydrogen-bond acceptors (Lipinski definition) is 9. The summed E-state index contributed by atoms with van der Waals surface area (Å²) in [6.45, 7) is 1.17. The first-order chi connectivity index (χ1) is 26.9. The van der Waals surface area contributed by atoms with Gasteiger partial charge in [-0.3, -0.25) is 20.2 Å². The standard InChI is InChI=1S/C43H52N6O6/c50-39(24-33-15-7-2-8-16-33)43(53)47-42(52)38(25-36-26-44-29-49(36)31-55-28-35-19-11-4-12-20-35)46-37(23-32-13-5-1-6-14-32)40(51)41-45-21-22-48(41)30-54-27-34-17-9-3-10-18-34/h2-4,7-12,15-22,26,29,32,37-40,46,50-51H,1,5-6,13-14,23-25,27-28,30-31H2,(H,47,52,53)/t37-,38-,39-,40+/m0/s1. The van der Waals surface area contributed by atoms with Gasteiger partial charge in [-0.1, -0.05) is 123 Å². The summed E-state index contributed by atoms with van der Waals surface area (Å²) >= 11 is 0. The lowest BCUT2D eigenvalue weighted by Crippen LogP contribution is -2.54. The Labute approximate surface area is 322 Å². The number of hydrogen-bond donors (Lipinski definition) is 4. The lowest BCUT2D eigenvalue weighted by Gasteiger charge is -2.33. The molecule has 2 heterocycles. The van der Waals surface area contributed by atoms with Crippen molar-refractivity contribution in [1.82, 2.24) is 29.7 Å². The van der Waals surface area contributed by atoms with Crippen molar-refractivity contribution >= 4 is 11.8 Å². The quantitative estimate of drug-likeness (QED) is 0.0837. The van der Waals surface area contributed by atoms with Gasteiger partial charge in [0.1, 0.15) is 31.5 Å². The molecule has 6 rings (SSSR count). The highest BCUT2D eigenvalue weighted by Gasteiger charge is 2.34. The van der Waals surface area contributed by atoms with Gasteiger partial charge < -0.3 is 28.8 Å². The Morgan fingerprint density at radius 2 is 1.36 bits per heavy atom. The van der Waals surface area contributed by atoms with Crippen molar-refractivity contribution in [2.75, 3.05) is 0 Å². The molecule has 290 valence electrons. The third-order valence-corrected chi connectivity index (χ3v) is 10.2. The maximum absolute atomic E-state index is 14.1. The SMILES string of the molecule is O=C(NC(=O)[C@@H](O)Cc1ccccc1)[C@H](Cc1cncn1COCc1ccccc1)N[C@@H](CC1CCCCC1)[C@@H](O)c1nccn1COCc1ccccc1. The molecule has 0 bridgehead atoms. The van der Waals surface area contributed by atoms with E-state index in [2.05, 4.69) is 20.6 Å². The fraction of sp³-hybridized carbons (Fsp3) is 0.395. The second-order valence-electron chi connectivity index (χ2n) is 14.3. The Morgan fingerprint density at radius 3 is 2.00 bits per heavy atom. The molecule has 1 aliphatic carbocycles. The van der Waals surface area contributed by atoms with Crippen LogP contribution in [0.2, 0.25) is 0 Å². The van der Waals surface area contributed by atoms with Crippen molar-refractivity contribution in [2.45, 2.75) is 102 Å². The molecule has 4 N–H and O–H groups in total. The van der Waals surface area contributed by atoms with Crippen LogP contribution in [-0.4, -0.2) is 59.3 Å². The average molecular weight is 749 g/mol. The van der Waals surface area contributed by atoms with Gasteiger partial charge in [0.2, 0.25) is 5.91 Å². The number of carbonyl (C=O) groups excluding carboxylic acids is 2. The molecule has 3 aromatic carbocycles. The van der Waals surface area contributed by atoms with Gasteiger partial charge in [-0.15, -0.1) is 0 Å². The third kappa shape index (κ3) is 12.0. The monoisotopic (exact) mass is 748 g/mol. The average Bonchev–Trinajstić information content (AvgIpc) is 3.88. The zero-order chi connectivity index (χ0) is 38.2. The number of imide groups is 1. The number of aliphatic hydroxyl groups is 2. The van der Waals surface area contributed by atoms with Crippen LogP contribution in [0.25, 0.3) is 0 Å². The Hall–Kier alpha value is -4.98. The topological polar surface area (TPSA) is 153 Å². The summed E-state index contributed by atoms with van der Waals surface area (Å²) in [6, 6.07) is 27.2. The molecule has 4 atom stereocenters. The molecule has 1 fully saturated rings. The Balaban J connectivity index is 1.21. The Bertz CT molecular complexity index is 1880. The van der Waals surface area contributed by atoms with Crippen LogP contribution in [0.1, 0.15) is 72.8 Å². The number of rotatable bonds is 20. The number of ether oxygens (including phenoxy) is 2. The van der Waals surface area contributed by atoms with Crippen molar-refractivity contribution in [1.29, 1.82) is 0 Å². The molecule has 12 heteroatoms. The van der Waals surface area contributed by atoms with Gasteiger partial charge in [-0.05, 0) is 29.0 Å². The van der Waals surface area contributed by atoms with E-state index in [4.69, 9.17) is 9.47 Å². The lowest BCUT2D eigenvalue weighted by atomic mass is 9.83. The van der Waals surface area contributed by atoms with Gasteiger partial charge >= 0.3 is 0 Å². The third-order valence-electron chi connectivity index (χ3n) is 10.2.